The number of rotatable bonds is 1. The fraction of sp³-hybridized carbons (Fsp3) is 0.111. The van der Waals surface area contributed by atoms with Crippen molar-refractivity contribution < 1.29 is 14.8 Å². The average molecular weight is 271 g/mol. The second-order valence-electron chi connectivity index (χ2n) is 3.08. The fourth-order valence-corrected chi connectivity index (χ4v) is 1.61. The van der Waals surface area contributed by atoms with E-state index in [-0.39, 0.29) is 5.06 Å². The van der Waals surface area contributed by atoms with E-state index in [1.807, 2.05) is 0 Å². The Morgan fingerprint density at radius 1 is 1.27 bits per heavy atom. The lowest BCUT2D eigenvalue weighted by molar-refractivity contribution is -0.149. The summed E-state index contributed by atoms with van der Waals surface area (Å²) in [4.78, 5) is 22.4. The molecular weight excluding hydrogens is 264 g/mol. The first-order chi connectivity index (χ1) is 7.09. The SMILES string of the molecule is O=C1NC(c2ccc(Br)cc2)C(=O)N1O. The minimum atomic E-state index is -0.798. The average Bonchev–Trinajstić information content (AvgIpc) is 2.47. The molecule has 3 amide bonds. The summed E-state index contributed by atoms with van der Waals surface area (Å²) in [5.74, 6) is -0.665. The highest BCUT2D eigenvalue weighted by Crippen LogP contribution is 2.22. The van der Waals surface area contributed by atoms with Crippen molar-refractivity contribution >= 4 is 27.9 Å². The molecule has 0 saturated carbocycles. The molecule has 1 unspecified atom stereocenters. The van der Waals surface area contributed by atoms with Gasteiger partial charge in [-0.25, -0.2) is 4.79 Å². The van der Waals surface area contributed by atoms with Crippen LogP contribution in [0.25, 0.3) is 0 Å². The van der Waals surface area contributed by atoms with Crippen LogP contribution in [-0.4, -0.2) is 22.2 Å². The van der Waals surface area contributed by atoms with E-state index in [4.69, 9.17) is 5.21 Å². The Morgan fingerprint density at radius 3 is 2.33 bits per heavy atom. The summed E-state index contributed by atoms with van der Waals surface area (Å²) < 4.78 is 0.879. The second kappa shape index (κ2) is 3.63. The van der Waals surface area contributed by atoms with Crippen LogP contribution in [0.1, 0.15) is 11.6 Å². The maximum absolute atomic E-state index is 11.4. The molecule has 1 heterocycles. The number of nitrogens with one attached hydrogen (secondary N) is 1. The molecule has 1 aromatic rings. The van der Waals surface area contributed by atoms with Crippen molar-refractivity contribution in [3.63, 3.8) is 0 Å². The molecule has 1 aromatic carbocycles. The van der Waals surface area contributed by atoms with E-state index in [9.17, 15) is 9.59 Å². The summed E-state index contributed by atoms with van der Waals surface area (Å²) in [6.07, 6.45) is 0. The van der Waals surface area contributed by atoms with Crippen LogP contribution in [0, 0.1) is 0 Å². The predicted octanol–water partition coefficient (Wildman–Crippen LogP) is 1.43. The van der Waals surface area contributed by atoms with Crippen LogP contribution < -0.4 is 5.32 Å². The molecule has 1 atom stereocenters. The van der Waals surface area contributed by atoms with Crippen LogP contribution in [0.3, 0.4) is 0 Å². The molecule has 2 N–H and O–H groups in total. The van der Waals surface area contributed by atoms with Crippen molar-refractivity contribution in [2.75, 3.05) is 0 Å². The maximum Gasteiger partial charge on any atom is 0.349 e. The number of carbonyl (C=O) groups is 2. The van der Waals surface area contributed by atoms with Gasteiger partial charge in [-0.15, -0.1) is 5.06 Å². The number of benzene rings is 1. The highest BCUT2D eigenvalue weighted by atomic mass is 79.9. The molecule has 78 valence electrons. The van der Waals surface area contributed by atoms with Crippen LogP contribution >= 0.6 is 15.9 Å². The summed E-state index contributed by atoms with van der Waals surface area (Å²) in [5.41, 5.74) is 0.633. The minimum Gasteiger partial charge on any atom is -0.320 e. The van der Waals surface area contributed by atoms with Crippen LogP contribution in [0.5, 0.6) is 0 Å². The lowest BCUT2D eigenvalue weighted by atomic mass is 10.1. The molecule has 1 aliphatic rings. The third kappa shape index (κ3) is 1.73. The molecular formula is C9H7BrN2O3. The molecule has 0 aromatic heterocycles. The Labute approximate surface area is 93.8 Å². The smallest absolute Gasteiger partial charge is 0.320 e. The minimum absolute atomic E-state index is 0.0900. The van der Waals surface area contributed by atoms with Crippen LogP contribution in [0.2, 0.25) is 0 Å². The summed E-state index contributed by atoms with van der Waals surface area (Å²) >= 11 is 3.26. The van der Waals surface area contributed by atoms with Gasteiger partial charge in [0, 0.05) is 4.47 Å². The molecule has 2 rings (SSSR count). The Morgan fingerprint density at radius 2 is 1.87 bits per heavy atom. The summed E-state index contributed by atoms with van der Waals surface area (Å²) in [6, 6.07) is 5.32. The molecule has 0 bridgehead atoms. The van der Waals surface area contributed by atoms with E-state index in [0.717, 1.165) is 4.47 Å². The van der Waals surface area contributed by atoms with Gasteiger partial charge in [0.1, 0.15) is 6.04 Å². The van der Waals surface area contributed by atoms with E-state index in [0.29, 0.717) is 5.56 Å². The van der Waals surface area contributed by atoms with Gasteiger partial charge in [-0.3, -0.25) is 10.0 Å². The third-order valence-corrected chi connectivity index (χ3v) is 2.65. The Bertz CT molecular complexity index is 418. The van der Waals surface area contributed by atoms with Gasteiger partial charge in [0.2, 0.25) is 0 Å². The molecule has 0 spiro atoms. The van der Waals surface area contributed by atoms with E-state index in [2.05, 4.69) is 21.2 Å². The lowest BCUT2D eigenvalue weighted by Crippen LogP contribution is -2.26. The quantitative estimate of drug-likeness (QED) is 0.599. The number of urea groups is 1. The van der Waals surface area contributed by atoms with Gasteiger partial charge in [-0.1, -0.05) is 28.1 Å². The number of halogens is 1. The van der Waals surface area contributed by atoms with Gasteiger partial charge in [0.15, 0.2) is 0 Å². The first kappa shape index (κ1) is 10.1. The van der Waals surface area contributed by atoms with Gasteiger partial charge in [0.25, 0.3) is 5.91 Å². The fourth-order valence-electron chi connectivity index (χ4n) is 1.35. The molecule has 1 fully saturated rings. The molecule has 1 saturated heterocycles. The van der Waals surface area contributed by atoms with Crippen LogP contribution in [-0.2, 0) is 4.79 Å². The number of nitrogens with zero attached hydrogens (tertiary/aromatic N) is 1. The number of imide groups is 1. The highest BCUT2D eigenvalue weighted by Gasteiger charge is 2.38. The molecule has 0 aliphatic carbocycles. The zero-order valence-electron chi connectivity index (χ0n) is 7.48. The van der Waals surface area contributed by atoms with E-state index in [1.54, 1.807) is 24.3 Å². The van der Waals surface area contributed by atoms with Crippen molar-refractivity contribution in [2.24, 2.45) is 0 Å². The van der Waals surface area contributed by atoms with E-state index >= 15 is 0 Å². The highest BCUT2D eigenvalue weighted by molar-refractivity contribution is 9.10. The van der Waals surface area contributed by atoms with Gasteiger partial charge in [-0.2, -0.15) is 0 Å². The van der Waals surface area contributed by atoms with Crippen molar-refractivity contribution in [3.8, 4) is 0 Å². The van der Waals surface area contributed by atoms with Crippen molar-refractivity contribution in [3.05, 3.63) is 34.3 Å². The Balaban J connectivity index is 2.29. The summed E-state index contributed by atoms with van der Waals surface area (Å²) in [7, 11) is 0. The number of hydroxylamine groups is 2. The molecule has 15 heavy (non-hydrogen) atoms. The maximum atomic E-state index is 11.4. The van der Waals surface area contributed by atoms with Crippen LogP contribution in [0.4, 0.5) is 4.79 Å². The van der Waals surface area contributed by atoms with E-state index in [1.165, 1.54) is 0 Å². The molecule has 1 aliphatic heterocycles. The zero-order valence-corrected chi connectivity index (χ0v) is 9.06. The first-order valence-electron chi connectivity index (χ1n) is 4.18. The van der Waals surface area contributed by atoms with Gasteiger partial charge in [-0.05, 0) is 17.7 Å². The largest absolute Gasteiger partial charge is 0.349 e. The summed E-state index contributed by atoms with van der Waals surface area (Å²) in [5, 5.41) is 11.5. The van der Waals surface area contributed by atoms with Crippen molar-refractivity contribution in [1.29, 1.82) is 0 Å². The molecule has 0 radical (unpaired) electrons. The monoisotopic (exact) mass is 270 g/mol. The van der Waals surface area contributed by atoms with Crippen LogP contribution in [0.15, 0.2) is 28.7 Å². The number of hydrogen-bond donors (Lipinski definition) is 2. The lowest BCUT2D eigenvalue weighted by Gasteiger charge is -2.07. The predicted molar refractivity (Wildman–Crippen MR) is 54.0 cm³/mol. The van der Waals surface area contributed by atoms with Crippen molar-refractivity contribution in [2.45, 2.75) is 6.04 Å². The number of hydrogen-bond acceptors (Lipinski definition) is 3. The third-order valence-electron chi connectivity index (χ3n) is 2.12. The normalized spacial score (nSPS) is 20.7. The molecule has 5 nitrogen and oxygen atoms in total. The Kier molecular flexibility index (Phi) is 2.45. The Hall–Kier alpha value is -1.40. The van der Waals surface area contributed by atoms with Gasteiger partial charge >= 0.3 is 6.03 Å². The standard InChI is InChI=1S/C9H7BrN2O3/c10-6-3-1-5(2-4-6)7-8(13)12(15)9(14)11-7/h1-4,7,15H,(H,11,14). The summed E-state index contributed by atoms with van der Waals surface area (Å²) in [6.45, 7) is 0. The number of amides is 3. The topological polar surface area (TPSA) is 69.6 Å². The zero-order chi connectivity index (χ0) is 11.0. The van der Waals surface area contributed by atoms with Crippen molar-refractivity contribution in [1.82, 2.24) is 10.4 Å². The van der Waals surface area contributed by atoms with Gasteiger partial charge in [0.05, 0.1) is 0 Å². The number of carbonyl (C=O) groups excluding carboxylic acids is 2. The molecule has 6 heteroatoms. The van der Waals surface area contributed by atoms with Gasteiger partial charge < -0.3 is 5.32 Å². The second-order valence-corrected chi connectivity index (χ2v) is 4.00. The first-order valence-corrected chi connectivity index (χ1v) is 4.97. The van der Waals surface area contributed by atoms with E-state index < -0.39 is 18.0 Å².